The van der Waals surface area contributed by atoms with Crippen molar-refractivity contribution in [3.05, 3.63) is 32.6 Å². The van der Waals surface area contributed by atoms with E-state index in [0.29, 0.717) is 12.0 Å². The highest BCUT2D eigenvalue weighted by atomic mass is 31.2. The van der Waals surface area contributed by atoms with Crippen LogP contribution in [0.3, 0.4) is 0 Å². The maximum absolute atomic E-state index is 12.7. The summed E-state index contributed by atoms with van der Waals surface area (Å²) in [6.07, 6.45) is 0.147. The first-order chi connectivity index (χ1) is 13.7. The Labute approximate surface area is 166 Å². The first kappa shape index (κ1) is 21.9. The number of aryl methyl sites for hydroxylation is 1. The van der Waals surface area contributed by atoms with Crippen LogP contribution in [-0.2, 0) is 32.4 Å². The second-order valence-corrected chi connectivity index (χ2v) is 8.63. The lowest BCUT2D eigenvalue weighted by Gasteiger charge is -2.29. The lowest BCUT2D eigenvalue weighted by atomic mass is 10.1. The molecule has 2 fully saturated rings. The van der Waals surface area contributed by atoms with E-state index < -0.39 is 43.4 Å². The molecular weight excluding hydrogens is 407 g/mol. The number of rotatable bonds is 7. The van der Waals surface area contributed by atoms with Crippen LogP contribution in [0.5, 0.6) is 0 Å². The average molecular weight is 432 g/mol. The molecule has 1 aromatic heterocycles. The van der Waals surface area contributed by atoms with Gasteiger partial charge in [-0.3, -0.25) is 32.7 Å². The second-order valence-electron chi connectivity index (χ2n) is 7.01. The number of hydrogen-bond acceptors (Lipinski definition) is 9. The van der Waals surface area contributed by atoms with Crippen molar-refractivity contribution in [1.29, 1.82) is 0 Å². The van der Waals surface area contributed by atoms with Gasteiger partial charge >= 0.3 is 19.5 Å². The molecule has 1 N–H and O–H groups in total. The number of esters is 1. The van der Waals surface area contributed by atoms with Gasteiger partial charge in [-0.1, -0.05) is 6.92 Å². The number of phosphoric acid groups is 1. The Hall–Kier alpha value is -1.78. The normalized spacial score (nSPS) is 30.0. The maximum Gasteiger partial charge on any atom is 0.475 e. The van der Waals surface area contributed by atoms with Crippen molar-refractivity contribution >= 4 is 13.8 Å². The molecule has 0 spiro atoms. The predicted octanol–water partition coefficient (Wildman–Crippen LogP) is 1.26. The molecule has 0 aliphatic carbocycles. The van der Waals surface area contributed by atoms with E-state index in [1.807, 2.05) is 0 Å². The second kappa shape index (κ2) is 8.93. The monoisotopic (exact) mass is 432 g/mol. The minimum Gasteiger partial charge on any atom is -0.466 e. The number of phosphoric ester groups is 1. The molecule has 3 rings (SSSR count). The molecule has 1 aromatic rings. The highest BCUT2D eigenvalue weighted by Gasteiger charge is 2.48. The summed E-state index contributed by atoms with van der Waals surface area (Å²) in [7, 11) is -3.81. The van der Waals surface area contributed by atoms with E-state index in [-0.39, 0.29) is 32.2 Å². The molecule has 0 saturated carbocycles. The number of aromatic nitrogens is 2. The molecule has 162 valence electrons. The molecule has 11 nitrogen and oxygen atoms in total. The number of fused-ring (bicyclic) bond motifs is 1. The number of aromatic amines is 1. The number of hydrogen-bond donors (Lipinski definition) is 1. The van der Waals surface area contributed by atoms with Gasteiger partial charge in [-0.05, 0) is 20.3 Å². The van der Waals surface area contributed by atoms with E-state index in [1.54, 1.807) is 20.8 Å². The molecule has 2 aliphatic rings. The Balaban J connectivity index is 1.58. The predicted molar refractivity (Wildman–Crippen MR) is 99.4 cm³/mol. The summed E-state index contributed by atoms with van der Waals surface area (Å²) >= 11 is 0. The Morgan fingerprint density at radius 1 is 1.41 bits per heavy atom. The highest BCUT2D eigenvalue weighted by molar-refractivity contribution is 7.48. The van der Waals surface area contributed by atoms with Gasteiger partial charge in [0, 0.05) is 18.2 Å². The molecular formula is C17H25N2O9P. The zero-order chi connectivity index (χ0) is 21.2. The molecule has 1 unspecified atom stereocenters. The van der Waals surface area contributed by atoms with Gasteiger partial charge in [-0.15, -0.1) is 0 Å². The topological polar surface area (TPSA) is 135 Å². The average Bonchev–Trinajstić information content (AvgIpc) is 3.07. The fraction of sp³-hybridized carbons (Fsp3) is 0.706. The van der Waals surface area contributed by atoms with Crippen LogP contribution in [0.25, 0.3) is 0 Å². The zero-order valence-electron chi connectivity index (χ0n) is 16.5. The molecule has 3 heterocycles. The van der Waals surface area contributed by atoms with Gasteiger partial charge in [0.25, 0.3) is 5.56 Å². The largest absolute Gasteiger partial charge is 0.475 e. The lowest BCUT2D eigenvalue weighted by Crippen LogP contribution is -2.34. The molecule has 29 heavy (non-hydrogen) atoms. The number of nitrogens with zero attached hydrogens (tertiary/aromatic N) is 1. The van der Waals surface area contributed by atoms with Crippen molar-refractivity contribution in [3.8, 4) is 0 Å². The summed E-state index contributed by atoms with van der Waals surface area (Å²) in [5.41, 5.74) is -0.696. The molecule has 12 heteroatoms. The van der Waals surface area contributed by atoms with Crippen molar-refractivity contribution in [2.24, 2.45) is 5.92 Å². The third-order valence-electron chi connectivity index (χ3n) is 4.79. The third kappa shape index (κ3) is 5.04. The molecule has 0 radical (unpaired) electrons. The molecule has 0 bridgehead atoms. The summed E-state index contributed by atoms with van der Waals surface area (Å²) < 4.78 is 40.7. The Morgan fingerprint density at radius 3 is 2.90 bits per heavy atom. The van der Waals surface area contributed by atoms with Crippen LogP contribution in [0, 0.1) is 12.8 Å². The van der Waals surface area contributed by atoms with Gasteiger partial charge in [0.15, 0.2) is 0 Å². The fourth-order valence-electron chi connectivity index (χ4n) is 3.10. The Kier molecular flexibility index (Phi) is 6.75. The lowest BCUT2D eigenvalue weighted by molar-refractivity contribution is -0.147. The number of H-pyrrole nitrogens is 1. The fourth-order valence-corrected chi connectivity index (χ4v) is 4.51. The number of nitrogens with one attached hydrogen (secondary N) is 1. The van der Waals surface area contributed by atoms with Gasteiger partial charge in [-0.2, -0.15) is 0 Å². The zero-order valence-corrected chi connectivity index (χ0v) is 17.4. The first-order valence-electron chi connectivity index (χ1n) is 9.44. The number of carbonyl (C=O) groups is 1. The highest BCUT2D eigenvalue weighted by Crippen LogP contribution is 2.56. The van der Waals surface area contributed by atoms with E-state index in [9.17, 15) is 18.9 Å². The first-order valence-corrected chi connectivity index (χ1v) is 10.9. The van der Waals surface area contributed by atoms with Gasteiger partial charge in [0.2, 0.25) is 0 Å². The number of carbonyl (C=O) groups excluding carboxylic acids is 1. The van der Waals surface area contributed by atoms with Crippen molar-refractivity contribution in [3.63, 3.8) is 0 Å². The third-order valence-corrected chi connectivity index (χ3v) is 6.28. The molecule has 5 atom stereocenters. The van der Waals surface area contributed by atoms with Crippen molar-refractivity contribution in [2.45, 2.75) is 52.0 Å². The standard InChI is InChI=1S/C17H25N2O9P/c1-4-24-16(21)10(2)5-6-25-29(23)26-9-13-12(28-29)7-14(27-13)19-8-11(3)15(20)18-17(19)22/h8,10,12-14H,4-7,9H2,1-3H3,(H,18,20,22)/t10-,12+,13-,14-,29?/m0/s1. The van der Waals surface area contributed by atoms with Crippen molar-refractivity contribution in [2.75, 3.05) is 19.8 Å². The van der Waals surface area contributed by atoms with Crippen LogP contribution in [0.1, 0.15) is 38.5 Å². The van der Waals surface area contributed by atoms with Gasteiger partial charge in [0.05, 0.1) is 25.7 Å². The number of ether oxygens (including phenoxy) is 2. The van der Waals surface area contributed by atoms with Gasteiger partial charge in [-0.25, -0.2) is 9.36 Å². The summed E-state index contributed by atoms with van der Waals surface area (Å²) in [6.45, 7) is 5.25. The molecule has 0 amide bonds. The van der Waals surface area contributed by atoms with E-state index >= 15 is 0 Å². The van der Waals surface area contributed by atoms with E-state index in [0.717, 1.165) is 0 Å². The summed E-state index contributed by atoms with van der Waals surface area (Å²) in [5, 5.41) is 0. The van der Waals surface area contributed by atoms with Crippen LogP contribution in [0.2, 0.25) is 0 Å². The summed E-state index contributed by atoms with van der Waals surface area (Å²) in [5.74, 6) is -0.762. The van der Waals surface area contributed by atoms with Crippen LogP contribution in [-0.4, -0.2) is 47.5 Å². The maximum atomic E-state index is 12.7. The Bertz CT molecular complexity index is 911. The minimum absolute atomic E-state index is 0.00247. The van der Waals surface area contributed by atoms with Gasteiger partial charge in [0.1, 0.15) is 18.4 Å². The summed E-state index contributed by atoms with van der Waals surface area (Å²) in [4.78, 5) is 37.4. The van der Waals surface area contributed by atoms with E-state index in [2.05, 4.69) is 4.98 Å². The molecule has 2 aliphatic heterocycles. The smallest absolute Gasteiger partial charge is 0.466 e. The SMILES string of the molecule is CCOC(=O)[C@@H](C)CCOP1(=O)OC[C@@H]2O[C@H](n3cc(C)c(=O)[nH]c3=O)C[C@H]2O1. The van der Waals surface area contributed by atoms with Crippen LogP contribution in [0.15, 0.2) is 15.8 Å². The van der Waals surface area contributed by atoms with Crippen LogP contribution < -0.4 is 11.2 Å². The minimum atomic E-state index is -3.81. The van der Waals surface area contributed by atoms with Crippen LogP contribution in [0.4, 0.5) is 0 Å². The van der Waals surface area contributed by atoms with Gasteiger partial charge < -0.3 is 9.47 Å². The Morgan fingerprint density at radius 2 is 2.17 bits per heavy atom. The molecule has 2 saturated heterocycles. The van der Waals surface area contributed by atoms with Crippen molar-refractivity contribution in [1.82, 2.24) is 9.55 Å². The van der Waals surface area contributed by atoms with E-state index in [1.165, 1.54) is 10.8 Å². The van der Waals surface area contributed by atoms with Crippen LogP contribution >= 0.6 is 7.82 Å². The van der Waals surface area contributed by atoms with E-state index in [4.69, 9.17) is 23.0 Å². The molecule has 0 aromatic carbocycles. The van der Waals surface area contributed by atoms with Crippen molar-refractivity contribution < 1.29 is 32.4 Å². The quantitative estimate of drug-likeness (QED) is 0.499. The summed E-state index contributed by atoms with van der Waals surface area (Å²) in [6, 6.07) is 0.